The van der Waals surface area contributed by atoms with Crippen molar-refractivity contribution < 1.29 is 27.5 Å². The summed E-state index contributed by atoms with van der Waals surface area (Å²) < 4.78 is 39.1. The molecule has 3 rings (SSSR count). The molecule has 1 N–H and O–H groups in total. The lowest BCUT2D eigenvalue weighted by Crippen LogP contribution is -2.20. The number of halogens is 1. The monoisotopic (exact) mass is 468 g/mol. The number of carbonyl (C=O) groups excluding carboxylic acids is 2. The van der Waals surface area contributed by atoms with E-state index in [1.807, 2.05) is 18.4 Å². The van der Waals surface area contributed by atoms with Crippen molar-refractivity contribution in [2.24, 2.45) is 0 Å². The van der Waals surface area contributed by atoms with Crippen LogP contribution in [0.1, 0.15) is 44.9 Å². The second kappa shape index (κ2) is 9.52. The van der Waals surface area contributed by atoms with E-state index in [0.717, 1.165) is 36.9 Å². The maximum absolute atomic E-state index is 12.7. The van der Waals surface area contributed by atoms with Gasteiger partial charge in [0.15, 0.2) is 6.61 Å². The van der Waals surface area contributed by atoms with Crippen LogP contribution in [-0.4, -0.2) is 51.1 Å². The van der Waals surface area contributed by atoms with Crippen LogP contribution in [0.2, 0.25) is 5.02 Å². The standard InChI is InChI=1S/C21H25ClN2O6S/c1-13-9-17(14(2)24(13)11-16-5-4-8-29-16)19(25)12-30-21(26)15-6-7-18(22)20(10-15)31(27,28)23-3/h6-7,9-10,16,23H,4-5,8,11-12H2,1-3H3. The van der Waals surface area contributed by atoms with Crippen molar-refractivity contribution in [2.45, 2.75) is 44.2 Å². The Kier molecular flexibility index (Phi) is 7.20. The third-order valence-electron chi connectivity index (χ3n) is 5.34. The van der Waals surface area contributed by atoms with Gasteiger partial charge in [-0.25, -0.2) is 17.9 Å². The molecule has 1 saturated heterocycles. The van der Waals surface area contributed by atoms with Crippen LogP contribution in [0, 0.1) is 13.8 Å². The molecule has 0 aliphatic carbocycles. The van der Waals surface area contributed by atoms with Gasteiger partial charge in [0.05, 0.1) is 16.7 Å². The highest BCUT2D eigenvalue weighted by molar-refractivity contribution is 7.89. The molecule has 31 heavy (non-hydrogen) atoms. The van der Waals surface area contributed by atoms with E-state index >= 15 is 0 Å². The maximum Gasteiger partial charge on any atom is 0.338 e. The summed E-state index contributed by atoms with van der Waals surface area (Å²) in [7, 11) is -2.61. The summed E-state index contributed by atoms with van der Waals surface area (Å²) in [6.07, 6.45) is 2.16. The first-order valence-corrected chi connectivity index (χ1v) is 11.7. The predicted molar refractivity (Wildman–Crippen MR) is 115 cm³/mol. The summed E-state index contributed by atoms with van der Waals surface area (Å²) in [5, 5.41) is -0.0272. The highest BCUT2D eigenvalue weighted by atomic mass is 35.5. The Labute approximate surface area is 186 Å². The number of hydrogen-bond acceptors (Lipinski definition) is 6. The number of Topliss-reactive ketones (excluding diaryl/α,β-unsaturated/α-hetero) is 1. The van der Waals surface area contributed by atoms with Crippen LogP contribution in [0.3, 0.4) is 0 Å². The summed E-state index contributed by atoms with van der Waals surface area (Å²) in [5.74, 6) is -1.15. The van der Waals surface area contributed by atoms with E-state index in [1.54, 1.807) is 6.07 Å². The molecular formula is C21H25ClN2O6S. The molecule has 1 atom stereocenters. The van der Waals surface area contributed by atoms with Gasteiger partial charge in [-0.15, -0.1) is 0 Å². The molecule has 1 aliphatic heterocycles. The number of aryl methyl sites for hydroxylation is 1. The van der Waals surface area contributed by atoms with Crippen LogP contribution in [0.25, 0.3) is 0 Å². The van der Waals surface area contributed by atoms with Crippen LogP contribution >= 0.6 is 11.6 Å². The number of benzene rings is 1. The number of sulfonamides is 1. The number of esters is 1. The van der Waals surface area contributed by atoms with Gasteiger partial charge in [0.1, 0.15) is 4.90 Å². The number of aromatic nitrogens is 1. The van der Waals surface area contributed by atoms with Crippen molar-refractivity contribution >= 4 is 33.4 Å². The first kappa shape index (κ1) is 23.5. The van der Waals surface area contributed by atoms with Gasteiger partial charge < -0.3 is 14.0 Å². The Morgan fingerprint density at radius 3 is 2.68 bits per heavy atom. The fourth-order valence-corrected chi connectivity index (χ4v) is 4.84. The van der Waals surface area contributed by atoms with Crippen LogP contribution < -0.4 is 4.72 Å². The van der Waals surface area contributed by atoms with E-state index in [-0.39, 0.29) is 27.4 Å². The van der Waals surface area contributed by atoms with E-state index in [4.69, 9.17) is 21.1 Å². The summed E-state index contributed by atoms with van der Waals surface area (Å²) in [6, 6.07) is 5.54. The van der Waals surface area contributed by atoms with Gasteiger partial charge in [0.25, 0.3) is 0 Å². The Hall–Kier alpha value is -2.20. The number of nitrogens with one attached hydrogen (secondary N) is 1. The molecule has 0 amide bonds. The first-order chi connectivity index (χ1) is 14.6. The summed E-state index contributed by atoms with van der Waals surface area (Å²) >= 11 is 5.93. The third kappa shape index (κ3) is 5.17. The van der Waals surface area contributed by atoms with E-state index < -0.39 is 22.6 Å². The Morgan fingerprint density at radius 1 is 1.29 bits per heavy atom. The first-order valence-electron chi connectivity index (χ1n) is 9.85. The molecule has 10 heteroatoms. The van der Waals surface area contributed by atoms with Crippen molar-refractivity contribution in [1.29, 1.82) is 0 Å². The van der Waals surface area contributed by atoms with Crippen molar-refractivity contribution in [3.05, 3.63) is 51.8 Å². The van der Waals surface area contributed by atoms with Crippen LogP contribution in [0.4, 0.5) is 0 Å². The molecule has 0 saturated carbocycles. The molecule has 0 spiro atoms. The maximum atomic E-state index is 12.7. The average molecular weight is 469 g/mol. The van der Waals surface area contributed by atoms with Crippen LogP contribution in [-0.2, 0) is 26.0 Å². The van der Waals surface area contributed by atoms with Gasteiger partial charge in [0.2, 0.25) is 15.8 Å². The number of ether oxygens (including phenoxy) is 2. The van der Waals surface area contributed by atoms with Gasteiger partial charge in [-0.05, 0) is 58.0 Å². The van der Waals surface area contributed by atoms with E-state index in [9.17, 15) is 18.0 Å². The van der Waals surface area contributed by atoms with Crippen molar-refractivity contribution in [3.63, 3.8) is 0 Å². The largest absolute Gasteiger partial charge is 0.454 e. The second-order valence-corrected chi connectivity index (χ2v) is 9.64. The third-order valence-corrected chi connectivity index (χ3v) is 7.24. The quantitative estimate of drug-likeness (QED) is 0.472. The van der Waals surface area contributed by atoms with E-state index in [2.05, 4.69) is 4.72 Å². The number of hydrogen-bond donors (Lipinski definition) is 1. The molecule has 1 fully saturated rings. The zero-order valence-corrected chi connectivity index (χ0v) is 19.2. The molecule has 1 aliphatic rings. The number of carbonyl (C=O) groups is 2. The Balaban J connectivity index is 1.70. The molecule has 168 valence electrons. The van der Waals surface area contributed by atoms with E-state index in [0.29, 0.717) is 12.1 Å². The molecule has 0 radical (unpaired) electrons. The molecule has 8 nitrogen and oxygen atoms in total. The lowest BCUT2D eigenvalue weighted by molar-refractivity contribution is 0.0474. The van der Waals surface area contributed by atoms with Gasteiger partial charge in [-0.1, -0.05) is 11.6 Å². The van der Waals surface area contributed by atoms with Gasteiger partial charge in [0, 0.05) is 30.1 Å². The van der Waals surface area contributed by atoms with Crippen LogP contribution in [0.15, 0.2) is 29.2 Å². The lowest BCUT2D eigenvalue weighted by atomic mass is 10.1. The SMILES string of the molecule is CNS(=O)(=O)c1cc(C(=O)OCC(=O)c2cc(C)n(CC3CCCO3)c2C)ccc1Cl. The minimum atomic E-state index is -3.85. The van der Waals surface area contributed by atoms with Crippen molar-refractivity contribution in [1.82, 2.24) is 9.29 Å². The topological polar surface area (TPSA) is 104 Å². The average Bonchev–Trinajstić information content (AvgIpc) is 3.35. The van der Waals surface area contributed by atoms with Gasteiger partial charge in [-0.3, -0.25) is 4.79 Å². The smallest absolute Gasteiger partial charge is 0.338 e. The van der Waals surface area contributed by atoms with Gasteiger partial charge in [-0.2, -0.15) is 0 Å². The predicted octanol–water partition coefficient (Wildman–Crippen LogP) is 2.89. The second-order valence-electron chi connectivity index (χ2n) is 7.38. The Morgan fingerprint density at radius 2 is 2.03 bits per heavy atom. The highest BCUT2D eigenvalue weighted by Crippen LogP contribution is 2.23. The molecular weight excluding hydrogens is 444 g/mol. The molecule has 1 aromatic heterocycles. The number of rotatable bonds is 8. The Bertz CT molecular complexity index is 1100. The number of ketones is 1. The van der Waals surface area contributed by atoms with E-state index in [1.165, 1.54) is 19.2 Å². The molecule has 2 heterocycles. The summed E-state index contributed by atoms with van der Waals surface area (Å²) in [6.45, 7) is 4.75. The highest BCUT2D eigenvalue weighted by Gasteiger charge is 2.23. The zero-order chi connectivity index (χ0) is 22.8. The summed E-state index contributed by atoms with van der Waals surface area (Å²) in [4.78, 5) is 24.8. The normalized spacial score (nSPS) is 16.5. The fraction of sp³-hybridized carbons (Fsp3) is 0.429. The van der Waals surface area contributed by atoms with Crippen molar-refractivity contribution in [2.75, 3.05) is 20.3 Å². The molecule has 0 bridgehead atoms. The fourth-order valence-electron chi connectivity index (χ4n) is 3.59. The summed E-state index contributed by atoms with van der Waals surface area (Å²) in [5.41, 5.74) is 2.19. The van der Waals surface area contributed by atoms with Crippen molar-refractivity contribution in [3.8, 4) is 0 Å². The zero-order valence-electron chi connectivity index (χ0n) is 17.6. The minimum Gasteiger partial charge on any atom is -0.454 e. The number of nitrogens with zero attached hydrogens (tertiary/aromatic N) is 1. The lowest BCUT2D eigenvalue weighted by Gasteiger charge is -2.14. The molecule has 1 aromatic carbocycles. The molecule has 2 aromatic rings. The van der Waals surface area contributed by atoms with Gasteiger partial charge >= 0.3 is 5.97 Å². The minimum absolute atomic E-state index is 0.0186. The molecule has 1 unspecified atom stereocenters. The van der Waals surface area contributed by atoms with Crippen LogP contribution in [0.5, 0.6) is 0 Å².